The molecule has 0 spiro atoms. The molecule has 31 heavy (non-hydrogen) atoms. The third kappa shape index (κ3) is 4.13. The number of nitrogens with one attached hydrogen (secondary N) is 2. The highest BCUT2D eigenvalue weighted by Crippen LogP contribution is 2.25. The molecule has 3 aromatic heterocycles. The lowest BCUT2D eigenvalue weighted by atomic mass is 10.1. The maximum Gasteiger partial charge on any atom is 0.259 e. The molecule has 0 radical (unpaired) electrons. The third-order valence-electron chi connectivity index (χ3n) is 4.44. The zero-order chi connectivity index (χ0) is 22.1. The first kappa shape index (κ1) is 20.2. The Labute approximate surface area is 174 Å². The molecule has 0 saturated heterocycles. The average molecular weight is 425 g/mol. The van der Waals surface area contributed by atoms with Crippen LogP contribution < -0.4 is 10.9 Å². The van der Waals surface area contributed by atoms with Crippen LogP contribution in [0.2, 0.25) is 0 Å². The minimum Gasteiger partial charge on any atom is -0.463 e. The summed E-state index contributed by atoms with van der Waals surface area (Å²) < 4.78 is 33.8. The minimum absolute atomic E-state index is 0.0347. The molecule has 1 amide bonds. The normalized spacial score (nSPS) is 11.1. The summed E-state index contributed by atoms with van der Waals surface area (Å²) in [4.78, 5) is 31.8. The largest absolute Gasteiger partial charge is 0.463 e. The molecule has 0 aliphatic rings. The summed E-state index contributed by atoms with van der Waals surface area (Å²) in [6.07, 6.45) is 1.46. The molecule has 158 valence electrons. The maximum atomic E-state index is 14.1. The Balaban J connectivity index is 1.80. The van der Waals surface area contributed by atoms with Crippen LogP contribution in [0.1, 0.15) is 35.8 Å². The Morgan fingerprint density at radius 2 is 2.00 bits per heavy atom. The van der Waals surface area contributed by atoms with Crippen molar-refractivity contribution < 1.29 is 18.0 Å². The number of carbonyl (C=O) groups is 1. The molecule has 10 heteroatoms. The van der Waals surface area contributed by atoms with Gasteiger partial charge in [0.1, 0.15) is 23.1 Å². The number of hydrogen-bond acceptors (Lipinski definition) is 5. The van der Waals surface area contributed by atoms with E-state index in [9.17, 15) is 18.4 Å². The number of H-pyrrole nitrogens is 1. The van der Waals surface area contributed by atoms with E-state index in [0.717, 1.165) is 12.1 Å². The van der Waals surface area contributed by atoms with E-state index in [1.54, 1.807) is 12.1 Å². The molecule has 4 rings (SSSR count). The van der Waals surface area contributed by atoms with Crippen LogP contribution in [0.15, 0.2) is 57.9 Å². The van der Waals surface area contributed by atoms with E-state index in [-0.39, 0.29) is 23.2 Å². The van der Waals surface area contributed by atoms with Gasteiger partial charge >= 0.3 is 0 Å². The van der Waals surface area contributed by atoms with Crippen molar-refractivity contribution in [1.82, 2.24) is 19.7 Å². The summed E-state index contributed by atoms with van der Waals surface area (Å²) in [6, 6.07) is 8.82. The molecule has 0 aliphatic heterocycles. The lowest BCUT2D eigenvalue weighted by Crippen LogP contribution is -2.20. The minimum atomic E-state index is -1.01. The van der Waals surface area contributed by atoms with Gasteiger partial charge < -0.3 is 9.73 Å². The van der Waals surface area contributed by atoms with Crippen LogP contribution in [0.4, 0.5) is 14.6 Å². The van der Waals surface area contributed by atoms with Crippen LogP contribution >= 0.6 is 0 Å². The molecular weight excluding hydrogens is 408 g/mol. The summed E-state index contributed by atoms with van der Waals surface area (Å²) >= 11 is 0. The Kier molecular flexibility index (Phi) is 5.20. The SMILES string of the molecule is CC(C)c1cc(=O)[nH]c(-n2nc(-c3ccco3)cc2NC(=O)c2ccc(F)cc2F)n1. The fourth-order valence-corrected chi connectivity index (χ4v) is 2.89. The van der Waals surface area contributed by atoms with Crippen LogP contribution in [-0.4, -0.2) is 25.7 Å². The monoisotopic (exact) mass is 425 g/mol. The number of aromatic amines is 1. The number of rotatable bonds is 5. The van der Waals surface area contributed by atoms with Crippen molar-refractivity contribution in [3.05, 3.63) is 82.0 Å². The van der Waals surface area contributed by atoms with Crippen molar-refractivity contribution in [2.75, 3.05) is 5.32 Å². The van der Waals surface area contributed by atoms with Crippen LogP contribution in [-0.2, 0) is 0 Å². The second-order valence-corrected chi connectivity index (χ2v) is 7.03. The number of aromatic nitrogens is 4. The number of halogens is 2. The lowest BCUT2D eigenvalue weighted by molar-refractivity contribution is 0.102. The van der Waals surface area contributed by atoms with Crippen LogP contribution in [0.25, 0.3) is 17.4 Å². The smallest absolute Gasteiger partial charge is 0.259 e. The van der Waals surface area contributed by atoms with E-state index < -0.39 is 23.1 Å². The van der Waals surface area contributed by atoms with Crippen molar-refractivity contribution in [2.45, 2.75) is 19.8 Å². The van der Waals surface area contributed by atoms with E-state index in [1.807, 2.05) is 13.8 Å². The zero-order valence-corrected chi connectivity index (χ0v) is 16.5. The van der Waals surface area contributed by atoms with Gasteiger partial charge in [-0.3, -0.25) is 14.6 Å². The third-order valence-corrected chi connectivity index (χ3v) is 4.44. The second kappa shape index (κ2) is 7.98. The summed E-state index contributed by atoms with van der Waals surface area (Å²) in [5, 5.41) is 6.90. The standard InChI is InChI=1S/C21H17F2N5O3/c1-11(2)15-10-19(29)26-21(24-15)28-18(9-16(27-28)17-4-3-7-31-17)25-20(30)13-6-5-12(22)8-14(13)23/h3-11H,1-2H3,(H,25,30)(H,24,26,29). The van der Waals surface area contributed by atoms with Gasteiger partial charge in [-0.05, 0) is 30.2 Å². The lowest BCUT2D eigenvalue weighted by Gasteiger charge is -2.10. The fraction of sp³-hybridized carbons (Fsp3) is 0.143. The number of carbonyl (C=O) groups excluding carboxylic acids is 1. The summed E-state index contributed by atoms with van der Waals surface area (Å²) in [7, 11) is 0. The molecule has 0 aliphatic carbocycles. The predicted molar refractivity (Wildman–Crippen MR) is 108 cm³/mol. The summed E-state index contributed by atoms with van der Waals surface area (Å²) in [6.45, 7) is 3.76. The first-order valence-corrected chi connectivity index (χ1v) is 9.34. The van der Waals surface area contributed by atoms with Gasteiger partial charge in [-0.25, -0.2) is 13.8 Å². The molecule has 0 unspecified atom stereocenters. The van der Waals surface area contributed by atoms with Crippen molar-refractivity contribution in [3.63, 3.8) is 0 Å². The molecule has 0 bridgehead atoms. The fourth-order valence-electron chi connectivity index (χ4n) is 2.89. The molecular formula is C21H17F2N5O3. The van der Waals surface area contributed by atoms with Gasteiger partial charge in [0.05, 0.1) is 17.5 Å². The van der Waals surface area contributed by atoms with Gasteiger partial charge in [-0.2, -0.15) is 9.78 Å². The molecule has 8 nitrogen and oxygen atoms in total. The van der Waals surface area contributed by atoms with Crippen molar-refractivity contribution in [3.8, 4) is 17.4 Å². The summed E-state index contributed by atoms with van der Waals surface area (Å²) in [5.74, 6) is -2.10. The number of hydrogen-bond donors (Lipinski definition) is 2. The highest BCUT2D eigenvalue weighted by Gasteiger charge is 2.20. The Morgan fingerprint density at radius 3 is 2.68 bits per heavy atom. The van der Waals surface area contributed by atoms with E-state index in [2.05, 4.69) is 20.4 Å². The van der Waals surface area contributed by atoms with Crippen LogP contribution in [0.3, 0.4) is 0 Å². The molecule has 0 saturated carbocycles. The zero-order valence-electron chi connectivity index (χ0n) is 16.5. The van der Waals surface area contributed by atoms with Gasteiger partial charge in [0, 0.05) is 18.2 Å². The number of benzene rings is 1. The highest BCUT2D eigenvalue weighted by atomic mass is 19.1. The first-order valence-electron chi connectivity index (χ1n) is 9.34. The van der Waals surface area contributed by atoms with E-state index in [0.29, 0.717) is 23.2 Å². The van der Waals surface area contributed by atoms with Crippen LogP contribution in [0.5, 0.6) is 0 Å². The topological polar surface area (TPSA) is 106 Å². The predicted octanol–water partition coefficient (Wildman–Crippen LogP) is 3.87. The highest BCUT2D eigenvalue weighted by molar-refractivity contribution is 6.04. The average Bonchev–Trinajstić information content (AvgIpc) is 3.37. The number of amides is 1. The molecule has 0 atom stereocenters. The molecule has 1 aromatic carbocycles. The number of furan rings is 1. The Hall–Kier alpha value is -4.08. The van der Waals surface area contributed by atoms with Gasteiger partial charge in [0.25, 0.3) is 11.5 Å². The quantitative estimate of drug-likeness (QED) is 0.505. The number of anilines is 1. The second-order valence-electron chi connectivity index (χ2n) is 7.03. The molecule has 3 heterocycles. The molecule has 2 N–H and O–H groups in total. The van der Waals surface area contributed by atoms with Crippen molar-refractivity contribution >= 4 is 11.7 Å². The van der Waals surface area contributed by atoms with Crippen LogP contribution in [0, 0.1) is 11.6 Å². The Bertz CT molecular complexity index is 1310. The van der Waals surface area contributed by atoms with Gasteiger partial charge in [-0.15, -0.1) is 0 Å². The van der Waals surface area contributed by atoms with E-state index >= 15 is 0 Å². The van der Waals surface area contributed by atoms with Crippen molar-refractivity contribution in [2.24, 2.45) is 0 Å². The van der Waals surface area contributed by atoms with Crippen molar-refractivity contribution in [1.29, 1.82) is 0 Å². The van der Waals surface area contributed by atoms with E-state index in [1.165, 1.54) is 23.1 Å². The number of nitrogens with zero attached hydrogens (tertiary/aromatic N) is 3. The molecule has 4 aromatic rings. The van der Waals surface area contributed by atoms with Gasteiger partial charge in [-0.1, -0.05) is 13.8 Å². The van der Waals surface area contributed by atoms with Gasteiger partial charge in [0.2, 0.25) is 5.95 Å². The molecule has 0 fully saturated rings. The summed E-state index contributed by atoms with van der Waals surface area (Å²) in [5.41, 5.74) is 0.116. The van der Waals surface area contributed by atoms with Gasteiger partial charge in [0.15, 0.2) is 5.76 Å². The Morgan fingerprint density at radius 1 is 1.19 bits per heavy atom. The maximum absolute atomic E-state index is 14.1. The first-order chi connectivity index (χ1) is 14.8. The van der Waals surface area contributed by atoms with E-state index in [4.69, 9.17) is 4.42 Å².